The fourth-order valence-corrected chi connectivity index (χ4v) is 2.11. The number of ether oxygens (including phenoxy) is 1. The van der Waals surface area contributed by atoms with Crippen molar-refractivity contribution in [3.05, 3.63) is 0 Å². The SMILES string of the molecule is COCC(=O)NCCCCC(C(C)=O)N(C)[As]. The van der Waals surface area contributed by atoms with Crippen LogP contribution in [0.5, 0.6) is 0 Å². The summed E-state index contributed by atoms with van der Waals surface area (Å²) in [6.45, 7) is 2.34. The van der Waals surface area contributed by atoms with E-state index in [4.69, 9.17) is 4.74 Å². The molecule has 1 N–H and O–H groups in total. The molecule has 0 aromatic rings. The summed E-state index contributed by atoms with van der Waals surface area (Å²) in [6, 6.07) is -0.0373. The predicted octanol–water partition coefficient (Wildman–Crippen LogP) is -0.108. The Kier molecular flexibility index (Phi) is 9.41. The van der Waals surface area contributed by atoms with Crippen LogP contribution in [0.15, 0.2) is 0 Å². The Labute approximate surface area is 112 Å². The van der Waals surface area contributed by atoms with Crippen LogP contribution in [0.4, 0.5) is 0 Å². The van der Waals surface area contributed by atoms with E-state index in [9.17, 15) is 9.59 Å². The van der Waals surface area contributed by atoms with Crippen LogP contribution in [0.2, 0.25) is 0 Å². The van der Waals surface area contributed by atoms with E-state index in [1.807, 2.05) is 10.9 Å². The molecule has 0 aromatic carbocycles. The molecule has 0 saturated heterocycles. The third-order valence-corrected chi connectivity index (χ3v) is 3.01. The second-order valence-electron chi connectivity index (χ2n) is 3.98. The maximum absolute atomic E-state index is 11.3. The molecule has 0 heterocycles. The molecule has 0 aromatic heterocycles. The molecule has 1 unspecified atom stereocenters. The number of Topliss-reactive ketones (excluding diaryl/α,β-unsaturated/α-hetero) is 1. The Morgan fingerprint density at radius 1 is 1.41 bits per heavy atom. The fraction of sp³-hybridized carbons (Fsp3) is 0.818. The zero-order chi connectivity index (χ0) is 13.3. The zero-order valence-corrected chi connectivity index (χ0v) is 12.6. The van der Waals surface area contributed by atoms with Gasteiger partial charge >= 0.3 is 112 Å². The molecule has 1 amide bonds. The third-order valence-electron chi connectivity index (χ3n) is 2.42. The van der Waals surface area contributed by atoms with Gasteiger partial charge in [0.1, 0.15) is 0 Å². The Hall–Kier alpha value is -0.382. The number of ketones is 1. The van der Waals surface area contributed by atoms with Crippen LogP contribution >= 0.6 is 0 Å². The molecule has 98 valence electrons. The molecule has 5 nitrogen and oxygen atoms in total. The van der Waals surface area contributed by atoms with E-state index < -0.39 is 0 Å². The van der Waals surface area contributed by atoms with Crippen molar-refractivity contribution in [2.24, 2.45) is 0 Å². The Morgan fingerprint density at radius 2 is 2.06 bits per heavy atom. The van der Waals surface area contributed by atoms with Crippen molar-refractivity contribution in [1.29, 1.82) is 0 Å². The first-order valence-electron chi connectivity index (χ1n) is 5.66. The van der Waals surface area contributed by atoms with E-state index >= 15 is 0 Å². The van der Waals surface area contributed by atoms with E-state index in [1.54, 1.807) is 6.92 Å². The van der Waals surface area contributed by atoms with Crippen LogP contribution in [-0.2, 0) is 14.3 Å². The third kappa shape index (κ3) is 8.36. The Bertz CT molecular complexity index is 247. The van der Waals surface area contributed by atoms with Crippen molar-refractivity contribution in [2.75, 3.05) is 27.3 Å². The summed E-state index contributed by atoms with van der Waals surface area (Å²) in [5.41, 5.74) is 0. The van der Waals surface area contributed by atoms with E-state index in [-0.39, 0.29) is 24.3 Å². The summed E-state index contributed by atoms with van der Waals surface area (Å²) in [4.78, 5) is 22.4. The number of amides is 1. The Morgan fingerprint density at radius 3 is 2.53 bits per heavy atom. The minimum absolute atomic E-state index is 0.0373. The molecule has 0 rings (SSSR count). The van der Waals surface area contributed by atoms with Crippen molar-refractivity contribution < 1.29 is 14.3 Å². The number of nitrogens with one attached hydrogen (secondary N) is 1. The van der Waals surface area contributed by atoms with Gasteiger partial charge in [-0.3, -0.25) is 0 Å². The minimum atomic E-state index is -0.0973. The first-order valence-corrected chi connectivity index (χ1v) is 6.50. The fourth-order valence-electron chi connectivity index (χ4n) is 1.53. The van der Waals surface area contributed by atoms with Crippen molar-refractivity contribution in [2.45, 2.75) is 32.2 Å². The molecule has 0 saturated carbocycles. The number of likely N-dealkylation sites (N-methyl/N-ethyl adjacent to an activating group) is 1. The number of unbranched alkanes of at least 4 members (excludes halogenated alkanes) is 1. The van der Waals surface area contributed by atoms with Crippen LogP contribution < -0.4 is 5.32 Å². The number of rotatable bonds is 9. The summed E-state index contributed by atoms with van der Waals surface area (Å²) < 4.78 is 6.57. The van der Waals surface area contributed by atoms with E-state index in [0.717, 1.165) is 19.3 Å². The molecule has 0 aliphatic carbocycles. The van der Waals surface area contributed by atoms with Gasteiger partial charge in [0.15, 0.2) is 0 Å². The topological polar surface area (TPSA) is 58.6 Å². The zero-order valence-electron chi connectivity index (χ0n) is 10.7. The number of methoxy groups -OCH3 is 1. The van der Waals surface area contributed by atoms with Gasteiger partial charge in [0.2, 0.25) is 0 Å². The molecular formula is C11H21AsN2O3. The molecule has 1 atom stereocenters. The molecule has 0 bridgehead atoms. The number of carbonyl (C=O) groups is 2. The van der Waals surface area contributed by atoms with E-state index in [2.05, 4.69) is 22.4 Å². The van der Waals surface area contributed by atoms with E-state index in [0.29, 0.717) is 6.54 Å². The van der Waals surface area contributed by atoms with Crippen LogP contribution in [0.1, 0.15) is 26.2 Å². The van der Waals surface area contributed by atoms with Crippen LogP contribution in [0.25, 0.3) is 0 Å². The molecule has 0 fully saturated rings. The average Bonchev–Trinajstić information content (AvgIpc) is 2.22. The van der Waals surface area contributed by atoms with Crippen LogP contribution in [0, 0.1) is 0 Å². The van der Waals surface area contributed by atoms with Gasteiger partial charge in [-0.05, 0) is 0 Å². The number of nitrogens with zero attached hydrogens (tertiary/aromatic N) is 1. The summed E-state index contributed by atoms with van der Waals surface area (Å²) in [5.74, 6) is 0.0800. The monoisotopic (exact) mass is 304 g/mol. The molecule has 2 radical (unpaired) electrons. The molecule has 0 spiro atoms. The van der Waals surface area contributed by atoms with Crippen molar-refractivity contribution in [3.8, 4) is 0 Å². The summed E-state index contributed by atoms with van der Waals surface area (Å²) in [5, 5.41) is 2.75. The van der Waals surface area contributed by atoms with Crippen LogP contribution in [0.3, 0.4) is 0 Å². The quantitative estimate of drug-likeness (QED) is 0.477. The van der Waals surface area contributed by atoms with Gasteiger partial charge in [0, 0.05) is 0 Å². The van der Waals surface area contributed by atoms with Gasteiger partial charge in [0.25, 0.3) is 0 Å². The standard InChI is InChI=1S/C11H21AsN2O3/c1-9(15)10(14(2)12)6-4-5-7-13-11(16)8-17-3/h10H,4-8H2,1-3H3,(H,13,16). The van der Waals surface area contributed by atoms with Gasteiger partial charge in [-0.25, -0.2) is 0 Å². The first-order chi connectivity index (χ1) is 7.99. The van der Waals surface area contributed by atoms with Crippen LogP contribution in [-0.4, -0.2) is 65.9 Å². The van der Waals surface area contributed by atoms with Crippen molar-refractivity contribution in [3.63, 3.8) is 0 Å². The van der Waals surface area contributed by atoms with Gasteiger partial charge in [0.05, 0.1) is 0 Å². The second-order valence-corrected chi connectivity index (χ2v) is 5.30. The molecule has 17 heavy (non-hydrogen) atoms. The first kappa shape index (κ1) is 16.6. The number of carbonyl (C=O) groups excluding carboxylic acids is 2. The molecule has 6 heteroatoms. The predicted molar refractivity (Wildman–Crippen MR) is 66.7 cm³/mol. The van der Waals surface area contributed by atoms with Crippen molar-refractivity contribution in [1.82, 2.24) is 9.13 Å². The summed E-state index contributed by atoms with van der Waals surface area (Å²) in [7, 11) is 3.37. The molecule has 0 aliphatic rings. The maximum atomic E-state index is 11.3. The van der Waals surface area contributed by atoms with Gasteiger partial charge in [-0.1, -0.05) is 0 Å². The summed E-state index contributed by atoms with van der Waals surface area (Å²) in [6.07, 6.45) is 2.61. The number of hydrogen-bond acceptors (Lipinski definition) is 4. The summed E-state index contributed by atoms with van der Waals surface area (Å²) >= 11 is 2.37. The number of hydrogen-bond donors (Lipinski definition) is 1. The normalized spacial score (nSPS) is 12.5. The molecule has 0 aliphatic heterocycles. The van der Waals surface area contributed by atoms with Gasteiger partial charge in [-0.2, -0.15) is 0 Å². The average molecular weight is 304 g/mol. The molecular weight excluding hydrogens is 283 g/mol. The van der Waals surface area contributed by atoms with Crippen molar-refractivity contribution >= 4 is 28.8 Å². The second kappa shape index (κ2) is 9.63. The Balaban J connectivity index is 3.62. The van der Waals surface area contributed by atoms with Gasteiger partial charge < -0.3 is 0 Å². The van der Waals surface area contributed by atoms with Gasteiger partial charge in [-0.15, -0.1) is 0 Å². The van der Waals surface area contributed by atoms with E-state index in [1.165, 1.54) is 7.11 Å².